The first-order valence-corrected chi connectivity index (χ1v) is 3.38. The summed E-state index contributed by atoms with van der Waals surface area (Å²) in [5.41, 5.74) is 1.22. The molecule has 1 atom stereocenters. The molecule has 0 aromatic rings. The molecule has 2 aliphatic rings. The first-order chi connectivity index (χ1) is 3.97. The summed E-state index contributed by atoms with van der Waals surface area (Å²) in [5.74, 6) is 0. The third-order valence-electron chi connectivity index (χ3n) is 1.16. The number of nitrogens with zero attached hydrogens (tertiary/aromatic N) is 1. The maximum atomic E-state index is 4.12. The van der Waals surface area contributed by atoms with Gasteiger partial charge in [0.1, 0.15) is 5.37 Å². The quantitative estimate of drug-likeness (QED) is 0.473. The number of thioether (sulfide) groups is 1. The Bertz CT molecular complexity index is 191. The fourth-order valence-electron chi connectivity index (χ4n) is 0.757. The average molecular weight is 122 g/mol. The van der Waals surface area contributed by atoms with Crippen molar-refractivity contribution in [1.29, 1.82) is 0 Å². The molecule has 2 aliphatic heterocycles. The molecule has 2 heterocycles. The van der Waals surface area contributed by atoms with Gasteiger partial charge in [-0.05, 0) is 17.1 Å². The Morgan fingerprint density at radius 1 is 1.75 bits per heavy atom. The van der Waals surface area contributed by atoms with Gasteiger partial charge in [0.2, 0.25) is 0 Å². The Balaban J connectivity index is 2.39. The number of hydrogen-bond donors (Lipinski definition) is 0. The predicted molar refractivity (Wildman–Crippen MR) is 35.8 cm³/mol. The van der Waals surface area contributed by atoms with E-state index in [0.29, 0.717) is 5.37 Å². The Morgan fingerprint density at radius 3 is 3.62 bits per heavy atom. The van der Waals surface area contributed by atoms with Crippen LogP contribution < -0.4 is 0 Å². The van der Waals surface area contributed by atoms with Crippen molar-refractivity contribution >= 4 is 18.0 Å². The van der Waals surface area contributed by atoms with Gasteiger partial charge in [-0.25, -0.2) is 0 Å². The summed E-state index contributed by atoms with van der Waals surface area (Å²) in [6, 6.07) is 0. The van der Waals surface area contributed by atoms with Gasteiger partial charge < -0.3 is 0 Å². The van der Waals surface area contributed by atoms with Gasteiger partial charge in [-0.2, -0.15) is 0 Å². The van der Waals surface area contributed by atoms with E-state index in [-0.39, 0.29) is 0 Å². The van der Waals surface area contributed by atoms with E-state index < -0.39 is 0 Å². The molecule has 0 aliphatic carbocycles. The van der Waals surface area contributed by atoms with Crippen LogP contribution in [0, 0.1) is 6.08 Å². The molecule has 8 heavy (non-hydrogen) atoms. The molecule has 2 rings (SSSR count). The molecule has 0 amide bonds. The third kappa shape index (κ3) is 0.464. The predicted octanol–water partition coefficient (Wildman–Crippen LogP) is 1.39. The molecular weight excluding hydrogens is 118 g/mol. The van der Waals surface area contributed by atoms with E-state index in [0.717, 1.165) is 0 Å². The van der Waals surface area contributed by atoms with Crippen LogP contribution in [0.5, 0.6) is 0 Å². The van der Waals surface area contributed by atoms with Crippen LogP contribution in [0.1, 0.15) is 0 Å². The lowest BCUT2D eigenvalue weighted by Gasteiger charge is -1.94. The molecule has 0 bridgehead atoms. The smallest absolute Gasteiger partial charge is 0.125 e. The van der Waals surface area contributed by atoms with Crippen LogP contribution in [0.4, 0.5) is 0 Å². The van der Waals surface area contributed by atoms with Gasteiger partial charge in [0.15, 0.2) is 0 Å². The van der Waals surface area contributed by atoms with E-state index in [9.17, 15) is 0 Å². The largest absolute Gasteiger partial charge is 0.273 e. The molecule has 1 radical (unpaired) electrons. The average Bonchev–Trinajstić information content (AvgIpc) is 2.15. The van der Waals surface area contributed by atoms with E-state index in [1.165, 1.54) is 5.57 Å². The normalized spacial score (nSPS) is 31.0. The lowest BCUT2D eigenvalue weighted by atomic mass is 10.3. The minimum atomic E-state index is 0.356. The van der Waals surface area contributed by atoms with Crippen LogP contribution in [-0.4, -0.2) is 11.6 Å². The first-order valence-electron chi connectivity index (χ1n) is 2.44. The van der Waals surface area contributed by atoms with Crippen molar-refractivity contribution in [3.05, 3.63) is 23.1 Å². The zero-order chi connectivity index (χ0) is 5.40. The maximum absolute atomic E-state index is 4.12. The van der Waals surface area contributed by atoms with Crippen LogP contribution in [0.3, 0.4) is 0 Å². The van der Waals surface area contributed by atoms with Crippen molar-refractivity contribution < 1.29 is 0 Å². The van der Waals surface area contributed by atoms with Crippen molar-refractivity contribution in [3.8, 4) is 0 Å². The molecule has 1 nitrogen and oxygen atoms in total. The Morgan fingerprint density at radius 2 is 2.75 bits per heavy atom. The fraction of sp³-hybridized carbons (Fsp3) is 0.167. The van der Waals surface area contributed by atoms with Gasteiger partial charge in [0, 0.05) is 12.3 Å². The first kappa shape index (κ1) is 4.39. The van der Waals surface area contributed by atoms with Crippen LogP contribution in [-0.2, 0) is 0 Å². The molecule has 0 saturated carbocycles. The topological polar surface area (TPSA) is 12.4 Å². The monoisotopic (exact) mass is 122 g/mol. The van der Waals surface area contributed by atoms with Crippen molar-refractivity contribution in [1.82, 2.24) is 0 Å². The Labute approximate surface area is 52.2 Å². The Hall–Kier alpha value is -0.500. The standard InChI is InChI=1S/C6H4NS/c1-3-7-6-5(1)2-4-8-6/h2-4,6H. The van der Waals surface area contributed by atoms with Gasteiger partial charge in [-0.1, -0.05) is 0 Å². The highest BCUT2D eigenvalue weighted by atomic mass is 32.2. The Kier molecular flexibility index (Phi) is 0.815. The second kappa shape index (κ2) is 1.49. The minimum Gasteiger partial charge on any atom is -0.273 e. The van der Waals surface area contributed by atoms with Crippen molar-refractivity contribution in [3.63, 3.8) is 0 Å². The van der Waals surface area contributed by atoms with Gasteiger partial charge in [-0.15, -0.1) is 11.8 Å². The van der Waals surface area contributed by atoms with Gasteiger partial charge in [0.25, 0.3) is 0 Å². The summed E-state index contributed by atoms with van der Waals surface area (Å²) >= 11 is 1.73. The molecule has 0 aromatic heterocycles. The van der Waals surface area contributed by atoms with E-state index in [4.69, 9.17) is 0 Å². The van der Waals surface area contributed by atoms with Crippen LogP contribution >= 0.6 is 11.8 Å². The highest BCUT2D eigenvalue weighted by molar-refractivity contribution is 8.03. The summed E-state index contributed by atoms with van der Waals surface area (Å²) < 4.78 is 0. The van der Waals surface area contributed by atoms with Gasteiger partial charge in [-0.3, -0.25) is 4.99 Å². The van der Waals surface area contributed by atoms with E-state index in [2.05, 4.69) is 22.6 Å². The third-order valence-corrected chi connectivity index (χ3v) is 2.09. The summed E-state index contributed by atoms with van der Waals surface area (Å²) in [7, 11) is 0. The highest BCUT2D eigenvalue weighted by Crippen LogP contribution is 2.31. The van der Waals surface area contributed by atoms with Gasteiger partial charge >= 0.3 is 0 Å². The van der Waals surface area contributed by atoms with E-state index in [1.807, 2.05) is 0 Å². The number of allylic oxidation sites excluding steroid dienone is 1. The summed E-state index contributed by atoms with van der Waals surface area (Å²) in [6.07, 6.45) is 6.84. The number of hydrogen-bond acceptors (Lipinski definition) is 2. The number of fused-ring (bicyclic) bond motifs is 1. The number of aliphatic imine (C=N–C) groups is 1. The lowest BCUT2D eigenvalue weighted by molar-refractivity contribution is 1.16. The molecule has 1 unspecified atom stereocenters. The summed E-state index contributed by atoms with van der Waals surface area (Å²) in [5, 5.41) is 2.42. The van der Waals surface area contributed by atoms with Crippen LogP contribution in [0.25, 0.3) is 0 Å². The molecule has 0 N–H and O–H groups in total. The van der Waals surface area contributed by atoms with Crippen molar-refractivity contribution in [2.45, 2.75) is 5.37 Å². The molecule has 0 fully saturated rings. The number of rotatable bonds is 0. The molecule has 2 heteroatoms. The molecular formula is C6H4NS. The zero-order valence-electron chi connectivity index (χ0n) is 4.16. The van der Waals surface area contributed by atoms with Crippen LogP contribution in [0.2, 0.25) is 0 Å². The SMILES string of the molecule is [C]1=C2C=CSC2N=C1. The molecule has 39 valence electrons. The van der Waals surface area contributed by atoms with Crippen molar-refractivity contribution in [2.24, 2.45) is 4.99 Å². The lowest BCUT2D eigenvalue weighted by Crippen LogP contribution is -1.88. The second-order valence-electron chi connectivity index (χ2n) is 1.67. The second-order valence-corrected chi connectivity index (χ2v) is 2.66. The van der Waals surface area contributed by atoms with E-state index >= 15 is 0 Å². The van der Waals surface area contributed by atoms with Crippen molar-refractivity contribution in [2.75, 3.05) is 0 Å². The highest BCUT2D eigenvalue weighted by Gasteiger charge is 2.17. The molecule has 0 saturated heterocycles. The summed E-state index contributed by atoms with van der Waals surface area (Å²) in [6.45, 7) is 0. The van der Waals surface area contributed by atoms with E-state index in [1.54, 1.807) is 18.0 Å². The van der Waals surface area contributed by atoms with Gasteiger partial charge in [0.05, 0.1) is 0 Å². The summed E-state index contributed by atoms with van der Waals surface area (Å²) in [4.78, 5) is 4.12. The van der Waals surface area contributed by atoms with Crippen LogP contribution in [0.15, 0.2) is 22.0 Å². The maximum Gasteiger partial charge on any atom is 0.125 e. The minimum absolute atomic E-state index is 0.356. The fourth-order valence-corrected chi connectivity index (χ4v) is 1.56. The molecule has 0 spiro atoms. The zero-order valence-corrected chi connectivity index (χ0v) is 4.98. The molecule has 0 aromatic carbocycles.